The van der Waals surface area contributed by atoms with Crippen LogP contribution in [0, 0.1) is 0 Å². The third kappa shape index (κ3) is 25.2. The predicted octanol–water partition coefficient (Wildman–Crippen LogP) is -12.0. The van der Waals surface area contributed by atoms with Crippen LogP contribution in [0.25, 0.3) is 0 Å². The minimum absolute atomic E-state index is 0.703. The Morgan fingerprint density at radius 2 is 0.643 bits per heavy atom. The van der Waals surface area contributed by atoms with Gasteiger partial charge in [0.2, 0.25) is 0 Å². The fourth-order valence-electron chi connectivity index (χ4n) is 10.1. The normalized spacial score (nSPS) is 36.9. The molecule has 5 aliphatic rings. The average Bonchev–Trinajstić information content (AvgIpc) is 0.761. The highest BCUT2D eigenvalue weighted by atomic mass is 32.3. The number of aliphatic hydroxyl groups excluding tert-OH is 2. The Morgan fingerprint density at radius 3 is 1.00 bits per heavy atom. The number of carboxylic acids is 2. The van der Waals surface area contributed by atoms with E-state index in [4.69, 9.17) is 61.6 Å². The van der Waals surface area contributed by atoms with E-state index in [0.29, 0.717) is 7.11 Å². The van der Waals surface area contributed by atoms with E-state index in [1.165, 1.54) is 0 Å². The summed E-state index contributed by atoms with van der Waals surface area (Å²) in [5, 5.41) is 43.7. The number of ether oxygens (including phenoxy) is 13. The Hall–Kier alpha value is -2.83. The summed E-state index contributed by atoms with van der Waals surface area (Å²) in [5.41, 5.74) is 0. The Labute approximate surface area is 551 Å². The van der Waals surface area contributed by atoms with Crippen molar-refractivity contribution in [2.75, 3.05) is 48.3 Å². The number of hydrogen-bond donors (Lipinski definition) is 16. The molecule has 0 bridgehead atoms. The van der Waals surface area contributed by atoms with Gasteiger partial charge in [-0.3, -0.25) is 41.0 Å². The smallest absolute Gasteiger partial charge is 0.397 e. The summed E-state index contributed by atoms with van der Waals surface area (Å²) in [6, 6.07) is -8.28. The highest BCUT2D eigenvalue weighted by Gasteiger charge is 2.62. The Morgan fingerprint density at radius 1 is 0.337 bits per heavy atom. The summed E-state index contributed by atoms with van der Waals surface area (Å²) in [4.78, 5) is 26.4. The van der Waals surface area contributed by atoms with E-state index in [1.807, 2.05) is 0 Å². The molecule has 0 aromatic rings. The molecule has 5 rings (SSSR count). The fourth-order valence-corrected chi connectivity index (χ4v) is 14.2. The lowest BCUT2D eigenvalue weighted by molar-refractivity contribution is -0.375. The number of nitrogens with one attached hydrogen (secondary N) is 3. The second kappa shape index (κ2) is 33.1. The second-order valence-corrected chi connectivity index (χ2v) is 29.8. The molecule has 5 fully saturated rings. The van der Waals surface area contributed by atoms with Crippen LogP contribution in [0.1, 0.15) is 0 Å². The molecule has 576 valence electrons. The minimum Gasteiger partial charge on any atom is -0.479 e. The average molecular weight is 1630 g/mol. The van der Waals surface area contributed by atoms with E-state index in [1.54, 1.807) is 4.72 Å². The highest BCUT2D eigenvalue weighted by molar-refractivity contribution is 7.84. The summed E-state index contributed by atoms with van der Waals surface area (Å²) < 4.78 is 408. The van der Waals surface area contributed by atoms with E-state index in [2.05, 4.69) is 25.1 Å². The van der Waals surface area contributed by atoms with Gasteiger partial charge in [-0.25, -0.2) is 34.7 Å². The number of aliphatic carboxylic acids is 2. The molecule has 0 saturated carbocycles. The van der Waals surface area contributed by atoms with Crippen molar-refractivity contribution < 1.29 is 233 Å². The molecule has 5 saturated heterocycles. The predicted molar refractivity (Wildman–Crippen MR) is 287 cm³/mol. The van der Waals surface area contributed by atoms with Crippen LogP contribution in [0.3, 0.4) is 0 Å². The number of aliphatic hydroxyl groups is 2. The largest absolute Gasteiger partial charge is 0.479 e. The molecule has 5 aliphatic heterocycles. The maximum atomic E-state index is 13.2. The van der Waals surface area contributed by atoms with Gasteiger partial charge >= 0.3 is 105 Å². The molecule has 5 heterocycles. The first-order chi connectivity index (χ1) is 44.5. The molecule has 25 atom stereocenters. The third-order valence-corrected chi connectivity index (χ3v) is 17.8. The van der Waals surface area contributed by atoms with E-state index < -0.39 is 278 Å². The monoisotopic (exact) mass is 1630 g/mol. The molecule has 0 radical (unpaired) electrons. The summed E-state index contributed by atoms with van der Waals surface area (Å²) in [6.07, 6.45) is -61.1. The van der Waals surface area contributed by atoms with Gasteiger partial charge in [0.1, 0.15) is 104 Å². The first-order valence-corrected chi connectivity index (χ1v) is 37.9. The van der Waals surface area contributed by atoms with Gasteiger partial charge in [-0.05, 0) is 0 Å². The second-order valence-electron chi connectivity index (χ2n) is 19.8. The zero-order chi connectivity index (χ0) is 74.8. The molecule has 0 aromatic carbocycles. The van der Waals surface area contributed by atoms with Gasteiger partial charge in [-0.15, -0.1) is 0 Å². The first kappa shape index (κ1) is 85.8. The van der Waals surface area contributed by atoms with Crippen LogP contribution in [0.5, 0.6) is 0 Å². The Bertz CT molecular complexity index is 3830. The van der Waals surface area contributed by atoms with E-state index >= 15 is 0 Å². The van der Waals surface area contributed by atoms with Gasteiger partial charge in [0.05, 0.1) is 19.8 Å². The summed E-state index contributed by atoms with van der Waals surface area (Å²) in [6.45, 7) is -5.03. The maximum absolute atomic E-state index is 13.2. The zero-order valence-corrected chi connectivity index (χ0v) is 55.8. The molecular weight excluding hydrogens is 1570 g/mol. The van der Waals surface area contributed by atoms with Crippen LogP contribution in [0.15, 0.2) is 0 Å². The van der Waals surface area contributed by atoms with E-state index in [-0.39, 0.29) is 0 Å². The van der Waals surface area contributed by atoms with Crippen LogP contribution < -0.4 is 14.2 Å². The summed E-state index contributed by atoms with van der Waals surface area (Å²) >= 11 is 0. The van der Waals surface area contributed by atoms with Crippen LogP contribution in [0.2, 0.25) is 0 Å². The molecule has 1 unspecified atom stereocenters. The number of carbonyl (C=O) groups is 2. The van der Waals surface area contributed by atoms with Crippen molar-refractivity contribution in [2.45, 2.75) is 153 Å². The van der Waals surface area contributed by atoms with Gasteiger partial charge in [0.15, 0.2) is 49.8 Å². The van der Waals surface area contributed by atoms with E-state index in [0.717, 1.165) is 30.8 Å². The quantitative estimate of drug-likeness (QED) is 0.0262. The summed E-state index contributed by atoms with van der Waals surface area (Å²) in [7, 11) is -49.9. The molecule has 0 spiro atoms. The van der Waals surface area contributed by atoms with Gasteiger partial charge < -0.3 is 82.0 Å². The number of carboxylic acid groups (broad SMARTS) is 2. The standard InChI is InChI=1S/C34H59N3O52S9/c1-71-15-8(5-75-93(53,54)55)79-31(12(18(15)72-2)36-91(47,48)49)84-24-23(73-3)27(74-4)34(86-26(24)29(41)42)82-17-10(7-77-95(59,60)61)80-32(13(37-92(50,51)52)20(17)88-97(65,66)67)83-21-14(38)22(89-98(68,69)70)33(85-25(21)28(39)40)81-16-9(6-76-94(56,57)58)78-30(43)11(35-90(44,45)46)19(16)87-96(62,63)64/h8-27,30-38,43H,5-7H2,1-4H3,(H,39,40)(H,41,42)(H,44,45,46)(H,47,48,49)(H,50,51,52)(H,53,54,55)(H,56,57,58)(H,59,60,61)(H,62,63,64)(H,65,66,67)(H,68,69,70)/t8-,9-,10-,11-,12-,13-,14+,15-,16-,17-,18-,19-,20-,21+,22-,23+,24+,25-,26+,27-,30?,31-,32-,33-,34-/m1/s1. The van der Waals surface area contributed by atoms with E-state index in [9.17, 15) is 147 Å². The van der Waals surface area contributed by atoms with Crippen LogP contribution in [0.4, 0.5) is 0 Å². The first-order valence-electron chi connectivity index (χ1n) is 25.4. The van der Waals surface area contributed by atoms with Crippen molar-refractivity contribution in [2.24, 2.45) is 0 Å². The van der Waals surface area contributed by atoms with Gasteiger partial charge in [0, 0.05) is 28.4 Å². The molecule has 55 nitrogen and oxygen atoms in total. The highest BCUT2D eigenvalue weighted by Crippen LogP contribution is 2.40. The molecule has 0 amide bonds. The number of rotatable bonds is 35. The summed E-state index contributed by atoms with van der Waals surface area (Å²) in [5.74, 6) is -4.81. The van der Waals surface area contributed by atoms with Crippen molar-refractivity contribution >= 4 is 105 Å². The lowest BCUT2D eigenvalue weighted by Gasteiger charge is -2.51. The third-order valence-electron chi connectivity index (χ3n) is 13.4. The number of methoxy groups -OCH3 is 4. The molecule has 98 heavy (non-hydrogen) atoms. The van der Waals surface area contributed by atoms with Crippen LogP contribution >= 0.6 is 0 Å². The van der Waals surface area contributed by atoms with Gasteiger partial charge in [0.25, 0.3) is 0 Å². The Balaban J connectivity index is 1.67. The van der Waals surface area contributed by atoms with Crippen molar-refractivity contribution in [1.82, 2.24) is 14.2 Å². The number of hydrogen-bond acceptors (Lipinski definition) is 41. The molecule has 64 heteroatoms. The molecular formula is C34H59N3O52S9. The SMILES string of the molecule is CO[C@@H]1[C@@H](OC)[C@H](O[C@H]2[C@H](OS(=O)(=O)O)[C@@H](NS(=O)(=O)O)[C@@H](O[C@H]3[C@H](O)[C@@H](OS(=O)(=O)O)[C@H](O[C@H]4[C@H](OS(=O)(=O)O)[C@@H](NS(=O)(=O)O)C(O)O[C@@H]4COS(=O)(=O)O)O[C@H]3C(=O)O)O[C@@H]2COS(=O)(=O)O)O[C@H](C(=O)O)[C@H]1O[C@H]1O[C@H](COS(=O)(=O)O)[C@@H](OC)[C@H](OC)[C@H]1NS(=O)(=O)O. The molecule has 0 aliphatic carbocycles. The minimum atomic E-state index is -6.36. The lowest BCUT2D eigenvalue weighted by atomic mass is 9.94. The topological polar surface area (TPSA) is 816 Å². The van der Waals surface area contributed by atoms with Crippen molar-refractivity contribution in [3.63, 3.8) is 0 Å². The van der Waals surface area contributed by atoms with Gasteiger partial charge in [-0.1, -0.05) is 0 Å². The van der Waals surface area contributed by atoms with Crippen molar-refractivity contribution in [3.05, 3.63) is 0 Å². The molecule has 0 aromatic heterocycles. The van der Waals surface area contributed by atoms with Crippen molar-refractivity contribution in [1.29, 1.82) is 0 Å². The van der Waals surface area contributed by atoms with Crippen LogP contribution in [-0.2, 0) is 190 Å². The van der Waals surface area contributed by atoms with Crippen LogP contribution in [-0.4, -0.2) is 351 Å². The maximum Gasteiger partial charge on any atom is 0.397 e. The fraction of sp³-hybridized carbons (Fsp3) is 0.941. The van der Waals surface area contributed by atoms with Gasteiger partial charge in [-0.2, -0.15) is 89.9 Å². The van der Waals surface area contributed by atoms with Crippen molar-refractivity contribution in [3.8, 4) is 0 Å². The lowest BCUT2D eigenvalue weighted by Crippen LogP contribution is -2.71. The zero-order valence-electron chi connectivity index (χ0n) is 48.5. The Kier molecular flexibility index (Phi) is 29.0. The molecule has 16 N–H and O–H groups in total.